The first-order valence-corrected chi connectivity index (χ1v) is 7.81. The fourth-order valence-electron chi connectivity index (χ4n) is 1.44. The Labute approximate surface area is 111 Å². The van der Waals surface area contributed by atoms with Gasteiger partial charge in [-0.1, -0.05) is 12.1 Å². The van der Waals surface area contributed by atoms with Gasteiger partial charge in [-0.05, 0) is 12.1 Å². The molecule has 2 aromatic rings. The van der Waals surface area contributed by atoms with Crippen LogP contribution in [0.2, 0.25) is 0 Å². The van der Waals surface area contributed by atoms with Gasteiger partial charge in [-0.15, -0.1) is 22.0 Å². The van der Waals surface area contributed by atoms with Crippen molar-refractivity contribution < 1.29 is 8.60 Å². The van der Waals surface area contributed by atoms with Crippen LogP contribution >= 0.6 is 11.8 Å². The molecule has 1 aromatic carbocycles. The number of hydrogen-bond acceptors (Lipinski definition) is 4. The molecule has 4 nitrogen and oxygen atoms in total. The Balaban J connectivity index is 1.95. The Morgan fingerprint density at radius 2 is 2.22 bits per heavy atom. The van der Waals surface area contributed by atoms with Crippen molar-refractivity contribution in [2.45, 2.75) is 16.6 Å². The fourth-order valence-corrected chi connectivity index (χ4v) is 2.96. The summed E-state index contributed by atoms with van der Waals surface area (Å²) in [6.45, 7) is 0.598. The van der Waals surface area contributed by atoms with Gasteiger partial charge in [0.1, 0.15) is 12.1 Å². The number of hydrogen-bond donors (Lipinski definition) is 0. The monoisotopic (exact) mass is 285 g/mol. The second-order valence-electron chi connectivity index (χ2n) is 3.54. The molecule has 0 saturated carbocycles. The minimum atomic E-state index is -1.16. The zero-order valence-electron chi connectivity index (χ0n) is 9.75. The number of halogens is 1. The van der Waals surface area contributed by atoms with E-state index in [1.807, 2.05) is 0 Å². The van der Waals surface area contributed by atoms with E-state index < -0.39 is 10.8 Å². The van der Waals surface area contributed by atoms with Gasteiger partial charge < -0.3 is 4.57 Å². The first-order valence-electron chi connectivity index (χ1n) is 5.27. The van der Waals surface area contributed by atoms with E-state index in [0.717, 1.165) is 0 Å². The quantitative estimate of drug-likeness (QED) is 0.788. The van der Waals surface area contributed by atoms with Gasteiger partial charge in [0.2, 0.25) is 5.16 Å². The largest absolute Gasteiger partial charge is 0.306 e. The van der Waals surface area contributed by atoms with Crippen molar-refractivity contribution >= 4 is 22.6 Å². The molecule has 0 aliphatic rings. The van der Waals surface area contributed by atoms with E-state index >= 15 is 0 Å². The second kappa shape index (κ2) is 6.10. The van der Waals surface area contributed by atoms with Crippen LogP contribution in [0.3, 0.4) is 0 Å². The van der Waals surface area contributed by atoms with Crippen LogP contribution in [0.5, 0.6) is 0 Å². The lowest BCUT2D eigenvalue weighted by molar-refractivity contribution is 0.601. The van der Waals surface area contributed by atoms with Crippen LogP contribution in [0, 0.1) is 5.82 Å². The second-order valence-corrected chi connectivity index (χ2v) is 5.95. The van der Waals surface area contributed by atoms with Gasteiger partial charge >= 0.3 is 0 Å². The first kappa shape index (κ1) is 13.2. The van der Waals surface area contributed by atoms with E-state index in [-0.39, 0.29) is 5.82 Å². The predicted molar refractivity (Wildman–Crippen MR) is 69.5 cm³/mol. The third-order valence-corrected chi connectivity index (χ3v) is 4.12. The van der Waals surface area contributed by atoms with Crippen LogP contribution in [0.25, 0.3) is 0 Å². The van der Waals surface area contributed by atoms with Gasteiger partial charge in [0.05, 0.1) is 10.8 Å². The highest BCUT2D eigenvalue weighted by atomic mass is 32.2. The number of aryl methyl sites for hydroxylation is 1. The molecule has 0 N–H and O–H groups in total. The molecule has 0 aliphatic heterocycles. The van der Waals surface area contributed by atoms with Gasteiger partial charge in [0.25, 0.3) is 0 Å². The lowest BCUT2D eigenvalue weighted by Crippen LogP contribution is -2.06. The fraction of sp³-hybridized carbons (Fsp3) is 0.273. The number of nitrogens with zero attached hydrogens (tertiary/aromatic N) is 3. The number of benzene rings is 1. The molecule has 1 atom stereocenters. The van der Waals surface area contributed by atoms with Crippen LogP contribution in [-0.4, -0.2) is 31.0 Å². The molecule has 96 valence electrons. The minimum absolute atomic E-state index is 0.217. The molecule has 7 heteroatoms. The topological polar surface area (TPSA) is 47.8 Å². The van der Waals surface area contributed by atoms with E-state index in [9.17, 15) is 8.60 Å². The van der Waals surface area contributed by atoms with Crippen LogP contribution in [0.15, 0.2) is 40.6 Å². The molecule has 0 amide bonds. The van der Waals surface area contributed by atoms with Crippen molar-refractivity contribution in [3.8, 4) is 0 Å². The van der Waals surface area contributed by atoms with Crippen molar-refractivity contribution in [3.05, 3.63) is 36.4 Å². The van der Waals surface area contributed by atoms with E-state index in [4.69, 9.17) is 0 Å². The molecular formula is C11H12FN3OS2. The maximum Gasteiger partial charge on any atom is 0.221 e. The molecule has 0 fully saturated rings. The van der Waals surface area contributed by atoms with Crippen molar-refractivity contribution in [2.24, 2.45) is 0 Å². The summed E-state index contributed by atoms with van der Waals surface area (Å²) in [6, 6.07) is 6.65. The number of aromatic nitrogens is 3. The summed E-state index contributed by atoms with van der Waals surface area (Å²) in [6.07, 6.45) is 3.10. The van der Waals surface area contributed by atoms with E-state index in [1.165, 1.54) is 17.8 Å². The average Bonchev–Trinajstić information content (AvgIpc) is 2.80. The molecular weight excluding hydrogens is 273 g/mol. The van der Waals surface area contributed by atoms with Crippen molar-refractivity contribution in [3.63, 3.8) is 0 Å². The maximum absolute atomic E-state index is 13.4. The third kappa shape index (κ3) is 3.17. The molecule has 0 radical (unpaired) electrons. The number of rotatable bonds is 5. The zero-order chi connectivity index (χ0) is 13.0. The Bertz CT molecular complexity index is 559. The minimum Gasteiger partial charge on any atom is -0.306 e. The predicted octanol–water partition coefficient (Wildman–Crippen LogP) is 1.95. The standard InChI is InChI=1S/C11H12FN3OS2/c1-18(16)11-14-13-8-15(11)6-7-17-10-5-3-2-4-9(10)12/h2-5,8H,6-7H2,1H3. The van der Waals surface area contributed by atoms with Gasteiger partial charge in [-0.25, -0.2) is 4.39 Å². The van der Waals surface area contributed by atoms with Gasteiger partial charge in [-0.2, -0.15) is 0 Å². The van der Waals surface area contributed by atoms with Crippen molar-refractivity contribution in [1.82, 2.24) is 14.8 Å². The highest BCUT2D eigenvalue weighted by molar-refractivity contribution is 7.99. The van der Waals surface area contributed by atoms with E-state index in [2.05, 4.69) is 10.2 Å². The number of thioether (sulfide) groups is 1. The van der Waals surface area contributed by atoms with Crippen LogP contribution < -0.4 is 0 Å². The molecule has 1 aromatic heterocycles. The van der Waals surface area contributed by atoms with Crippen LogP contribution in [0.1, 0.15) is 0 Å². The normalized spacial score (nSPS) is 12.6. The first-order chi connectivity index (χ1) is 8.68. The van der Waals surface area contributed by atoms with Crippen molar-refractivity contribution in [1.29, 1.82) is 0 Å². The summed E-state index contributed by atoms with van der Waals surface area (Å²) >= 11 is 1.42. The molecule has 18 heavy (non-hydrogen) atoms. The summed E-state index contributed by atoms with van der Waals surface area (Å²) in [5.41, 5.74) is 0. The van der Waals surface area contributed by atoms with E-state index in [1.54, 1.807) is 35.3 Å². The van der Waals surface area contributed by atoms with E-state index in [0.29, 0.717) is 22.3 Å². The Morgan fingerprint density at radius 1 is 1.44 bits per heavy atom. The summed E-state index contributed by atoms with van der Waals surface area (Å²) in [5, 5.41) is 7.96. The Hall–Kier alpha value is -1.21. The molecule has 1 unspecified atom stereocenters. The highest BCUT2D eigenvalue weighted by Gasteiger charge is 2.08. The molecule has 1 heterocycles. The lowest BCUT2D eigenvalue weighted by Gasteiger charge is -2.05. The SMILES string of the molecule is CS(=O)c1nncn1CCSc1ccccc1F. The highest BCUT2D eigenvalue weighted by Crippen LogP contribution is 2.21. The van der Waals surface area contributed by atoms with Crippen LogP contribution in [-0.2, 0) is 17.3 Å². The van der Waals surface area contributed by atoms with Crippen molar-refractivity contribution in [2.75, 3.05) is 12.0 Å². The smallest absolute Gasteiger partial charge is 0.221 e. The molecule has 0 saturated heterocycles. The zero-order valence-corrected chi connectivity index (χ0v) is 11.4. The Morgan fingerprint density at radius 3 is 2.94 bits per heavy atom. The maximum atomic E-state index is 13.4. The Kier molecular flexibility index (Phi) is 4.48. The summed E-state index contributed by atoms with van der Waals surface area (Å²) < 4.78 is 26.4. The average molecular weight is 285 g/mol. The van der Waals surface area contributed by atoms with Gasteiger partial charge in [0.15, 0.2) is 0 Å². The van der Waals surface area contributed by atoms with Gasteiger partial charge in [0, 0.05) is 23.4 Å². The summed E-state index contributed by atoms with van der Waals surface area (Å²) in [7, 11) is -1.16. The summed E-state index contributed by atoms with van der Waals surface area (Å²) in [5.74, 6) is 0.453. The molecule has 0 spiro atoms. The molecule has 2 rings (SSSR count). The third-order valence-electron chi connectivity index (χ3n) is 2.26. The summed E-state index contributed by atoms with van der Waals surface area (Å²) in [4.78, 5) is 0.616. The molecule has 0 aliphatic carbocycles. The van der Waals surface area contributed by atoms with Crippen LogP contribution in [0.4, 0.5) is 4.39 Å². The van der Waals surface area contributed by atoms with Gasteiger partial charge in [-0.3, -0.25) is 4.21 Å². The molecule has 0 bridgehead atoms. The lowest BCUT2D eigenvalue weighted by atomic mass is 10.3.